The topological polar surface area (TPSA) is 56.7 Å². The average molecular weight is 282 g/mol. The third-order valence-corrected chi connectivity index (χ3v) is 3.81. The van der Waals surface area contributed by atoms with E-state index in [0.717, 1.165) is 19.0 Å². The Bertz CT molecular complexity index is 352. The number of hydrogen-bond acceptors (Lipinski definition) is 2. The third-order valence-electron chi connectivity index (χ3n) is 3.81. The van der Waals surface area contributed by atoms with Crippen molar-refractivity contribution < 1.29 is 4.79 Å². The highest BCUT2D eigenvalue weighted by molar-refractivity contribution is 5.84. The zero-order valence-electron chi connectivity index (χ0n) is 13.6. The van der Waals surface area contributed by atoms with Gasteiger partial charge in [0, 0.05) is 33.2 Å². The van der Waals surface area contributed by atoms with Crippen molar-refractivity contribution in [2.75, 3.05) is 33.2 Å². The molecule has 0 spiro atoms. The van der Waals surface area contributed by atoms with Gasteiger partial charge in [0.2, 0.25) is 5.91 Å². The molecule has 0 aromatic rings. The van der Waals surface area contributed by atoms with E-state index in [1.165, 1.54) is 12.8 Å². The monoisotopic (exact) mass is 282 g/mol. The molecular weight excluding hydrogens is 252 g/mol. The van der Waals surface area contributed by atoms with E-state index >= 15 is 0 Å². The van der Waals surface area contributed by atoms with E-state index in [-0.39, 0.29) is 5.91 Å². The first-order chi connectivity index (χ1) is 9.40. The zero-order chi connectivity index (χ0) is 15.2. The van der Waals surface area contributed by atoms with Gasteiger partial charge in [-0.2, -0.15) is 0 Å². The average Bonchev–Trinajstić information content (AvgIpc) is 2.39. The molecule has 1 aliphatic rings. The Labute approximate surface area is 123 Å². The Morgan fingerprint density at radius 3 is 2.65 bits per heavy atom. The van der Waals surface area contributed by atoms with Crippen LogP contribution >= 0.6 is 0 Å². The van der Waals surface area contributed by atoms with Crippen molar-refractivity contribution in [1.29, 1.82) is 0 Å². The SMILES string of the molecule is CCNC(=O)C(C)(C)CNC(=NC)N1CCCC(C)C1. The number of amides is 1. The van der Waals surface area contributed by atoms with Crippen molar-refractivity contribution in [3.05, 3.63) is 0 Å². The predicted molar refractivity (Wildman–Crippen MR) is 83.8 cm³/mol. The molecule has 1 atom stereocenters. The minimum atomic E-state index is -0.437. The lowest BCUT2D eigenvalue weighted by Gasteiger charge is -2.35. The number of nitrogens with zero attached hydrogens (tertiary/aromatic N) is 2. The molecule has 0 aromatic heterocycles. The fourth-order valence-electron chi connectivity index (χ4n) is 2.49. The van der Waals surface area contributed by atoms with Gasteiger partial charge in [-0.25, -0.2) is 0 Å². The third kappa shape index (κ3) is 4.69. The Morgan fingerprint density at radius 2 is 2.10 bits per heavy atom. The first-order valence-electron chi connectivity index (χ1n) is 7.64. The van der Waals surface area contributed by atoms with Crippen LogP contribution in [0.4, 0.5) is 0 Å². The molecule has 0 radical (unpaired) electrons. The van der Waals surface area contributed by atoms with Crippen molar-refractivity contribution in [2.24, 2.45) is 16.3 Å². The van der Waals surface area contributed by atoms with Crippen molar-refractivity contribution >= 4 is 11.9 Å². The zero-order valence-corrected chi connectivity index (χ0v) is 13.6. The summed E-state index contributed by atoms with van der Waals surface area (Å²) in [5.74, 6) is 1.70. The van der Waals surface area contributed by atoms with E-state index in [9.17, 15) is 4.79 Å². The summed E-state index contributed by atoms with van der Waals surface area (Å²) < 4.78 is 0. The molecule has 0 bridgehead atoms. The van der Waals surface area contributed by atoms with Crippen molar-refractivity contribution in [3.63, 3.8) is 0 Å². The molecule has 2 N–H and O–H groups in total. The van der Waals surface area contributed by atoms with Crippen LogP contribution in [0.15, 0.2) is 4.99 Å². The van der Waals surface area contributed by atoms with Gasteiger partial charge in [-0.3, -0.25) is 9.79 Å². The van der Waals surface area contributed by atoms with Crippen LogP contribution in [0.1, 0.15) is 40.5 Å². The highest BCUT2D eigenvalue weighted by atomic mass is 16.2. The molecular formula is C15H30N4O. The summed E-state index contributed by atoms with van der Waals surface area (Å²) in [6.07, 6.45) is 2.50. The van der Waals surface area contributed by atoms with Gasteiger partial charge in [-0.15, -0.1) is 0 Å². The second kappa shape index (κ2) is 7.50. The van der Waals surface area contributed by atoms with Gasteiger partial charge in [0.1, 0.15) is 0 Å². The highest BCUT2D eigenvalue weighted by Crippen LogP contribution is 2.17. The van der Waals surface area contributed by atoms with Crippen LogP contribution in [-0.4, -0.2) is 50.0 Å². The quantitative estimate of drug-likeness (QED) is 0.606. The van der Waals surface area contributed by atoms with Crippen molar-refractivity contribution in [2.45, 2.75) is 40.5 Å². The number of rotatable bonds is 4. The minimum absolute atomic E-state index is 0.0787. The lowest BCUT2D eigenvalue weighted by molar-refractivity contribution is -0.128. The van der Waals surface area contributed by atoms with Crippen LogP contribution in [0.2, 0.25) is 0 Å². The fourth-order valence-corrected chi connectivity index (χ4v) is 2.49. The fraction of sp³-hybridized carbons (Fsp3) is 0.867. The number of likely N-dealkylation sites (tertiary alicyclic amines) is 1. The largest absolute Gasteiger partial charge is 0.356 e. The lowest BCUT2D eigenvalue weighted by atomic mass is 9.92. The smallest absolute Gasteiger partial charge is 0.227 e. The van der Waals surface area contributed by atoms with Crippen molar-refractivity contribution in [3.8, 4) is 0 Å². The molecule has 1 aliphatic heterocycles. The van der Waals surface area contributed by atoms with Crippen LogP contribution in [0.25, 0.3) is 0 Å². The summed E-state index contributed by atoms with van der Waals surface area (Å²) in [4.78, 5) is 18.6. The molecule has 1 amide bonds. The summed E-state index contributed by atoms with van der Waals surface area (Å²) in [5.41, 5.74) is -0.437. The maximum absolute atomic E-state index is 12.0. The number of hydrogen-bond donors (Lipinski definition) is 2. The molecule has 0 saturated carbocycles. The second-order valence-electron chi connectivity index (χ2n) is 6.34. The molecule has 0 aliphatic carbocycles. The number of carbonyl (C=O) groups is 1. The highest BCUT2D eigenvalue weighted by Gasteiger charge is 2.28. The lowest BCUT2D eigenvalue weighted by Crippen LogP contribution is -2.51. The minimum Gasteiger partial charge on any atom is -0.356 e. The summed E-state index contributed by atoms with van der Waals surface area (Å²) in [6, 6.07) is 0. The number of guanidine groups is 1. The number of carbonyl (C=O) groups excluding carboxylic acids is 1. The molecule has 1 fully saturated rings. The van der Waals surface area contributed by atoms with Gasteiger partial charge in [0.15, 0.2) is 5.96 Å². The maximum Gasteiger partial charge on any atom is 0.227 e. The van der Waals surface area contributed by atoms with E-state index < -0.39 is 5.41 Å². The Hall–Kier alpha value is -1.26. The molecule has 5 heteroatoms. The van der Waals surface area contributed by atoms with Gasteiger partial charge in [-0.05, 0) is 39.5 Å². The maximum atomic E-state index is 12.0. The van der Waals surface area contributed by atoms with Crippen LogP contribution in [0, 0.1) is 11.3 Å². The van der Waals surface area contributed by atoms with Crippen LogP contribution in [0.3, 0.4) is 0 Å². The van der Waals surface area contributed by atoms with Gasteiger partial charge in [0.25, 0.3) is 0 Å². The number of piperidine rings is 1. The summed E-state index contributed by atoms with van der Waals surface area (Å²) in [5, 5.41) is 6.24. The van der Waals surface area contributed by atoms with E-state index in [2.05, 4.69) is 27.4 Å². The summed E-state index contributed by atoms with van der Waals surface area (Å²) in [7, 11) is 1.81. The molecule has 0 aromatic carbocycles. The van der Waals surface area contributed by atoms with Crippen LogP contribution in [-0.2, 0) is 4.79 Å². The molecule has 1 unspecified atom stereocenters. The second-order valence-corrected chi connectivity index (χ2v) is 6.34. The van der Waals surface area contributed by atoms with E-state index in [4.69, 9.17) is 0 Å². The molecule has 20 heavy (non-hydrogen) atoms. The van der Waals surface area contributed by atoms with Gasteiger partial charge < -0.3 is 15.5 Å². The van der Waals surface area contributed by atoms with Gasteiger partial charge >= 0.3 is 0 Å². The summed E-state index contributed by atoms with van der Waals surface area (Å²) in [6.45, 7) is 11.5. The number of nitrogens with one attached hydrogen (secondary N) is 2. The van der Waals surface area contributed by atoms with Crippen LogP contribution < -0.4 is 10.6 Å². The first kappa shape index (κ1) is 16.8. The number of aliphatic imine (C=N–C) groups is 1. The standard InChI is InChI=1S/C15H30N4O/c1-6-17-13(20)15(3,4)11-18-14(16-5)19-9-7-8-12(2)10-19/h12H,6-11H2,1-5H3,(H,16,18)(H,17,20). The van der Waals surface area contributed by atoms with Crippen molar-refractivity contribution in [1.82, 2.24) is 15.5 Å². The Morgan fingerprint density at radius 1 is 1.40 bits per heavy atom. The van der Waals surface area contributed by atoms with E-state index in [1.807, 2.05) is 20.8 Å². The Kier molecular flexibility index (Phi) is 6.30. The molecule has 5 nitrogen and oxygen atoms in total. The molecule has 116 valence electrons. The molecule has 1 saturated heterocycles. The van der Waals surface area contributed by atoms with Gasteiger partial charge in [0.05, 0.1) is 5.41 Å². The first-order valence-corrected chi connectivity index (χ1v) is 7.64. The molecule has 1 heterocycles. The Balaban J connectivity index is 2.55. The molecule has 1 rings (SSSR count). The van der Waals surface area contributed by atoms with E-state index in [0.29, 0.717) is 19.0 Å². The van der Waals surface area contributed by atoms with E-state index in [1.54, 1.807) is 7.05 Å². The normalized spacial score (nSPS) is 20.8. The predicted octanol–water partition coefficient (Wildman–Crippen LogP) is 1.46. The summed E-state index contributed by atoms with van der Waals surface area (Å²) >= 11 is 0. The van der Waals surface area contributed by atoms with Crippen LogP contribution in [0.5, 0.6) is 0 Å². The van der Waals surface area contributed by atoms with Gasteiger partial charge in [-0.1, -0.05) is 6.92 Å².